The van der Waals surface area contributed by atoms with Crippen molar-refractivity contribution in [3.05, 3.63) is 24.4 Å². The molecule has 1 aromatic heterocycles. The second-order valence-electron chi connectivity index (χ2n) is 8.52. The van der Waals surface area contributed by atoms with Crippen LogP contribution in [0, 0.1) is 5.92 Å². The number of rotatable bonds is 6. The molecule has 1 amide bonds. The molecule has 0 aromatic carbocycles. The van der Waals surface area contributed by atoms with Crippen molar-refractivity contribution < 1.29 is 18.0 Å². The maximum absolute atomic E-state index is 13.0. The molecule has 1 aliphatic heterocycles. The van der Waals surface area contributed by atoms with E-state index in [2.05, 4.69) is 10.3 Å². The highest BCUT2D eigenvalue weighted by Crippen LogP contribution is 2.27. The fourth-order valence-corrected chi connectivity index (χ4v) is 5.96. The van der Waals surface area contributed by atoms with Crippen molar-refractivity contribution in [2.24, 2.45) is 11.7 Å². The van der Waals surface area contributed by atoms with Crippen molar-refractivity contribution in [1.82, 2.24) is 14.6 Å². The molecule has 2 fully saturated rings. The Morgan fingerprint density at radius 1 is 1.23 bits per heavy atom. The Hall–Kier alpha value is -1.84. The van der Waals surface area contributed by atoms with Gasteiger partial charge >= 0.3 is 0 Å². The minimum absolute atomic E-state index is 0.0818. The summed E-state index contributed by atoms with van der Waals surface area (Å²) in [6.07, 6.45) is 8.68. The summed E-state index contributed by atoms with van der Waals surface area (Å²) >= 11 is 0. The molecule has 1 saturated heterocycles. The lowest BCUT2D eigenvalue weighted by Crippen LogP contribution is -2.50. The van der Waals surface area contributed by atoms with E-state index in [1.54, 1.807) is 19.1 Å². The molecule has 0 spiro atoms. The molecule has 3 atom stereocenters. The summed E-state index contributed by atoms with van der Waals surface area (Å²) in [6, 6.07) is 2.91. The fourth-order valence-electron chi connectivity index (χ4n) is 4.39. The highest BCUT2D eigenvalue weighted by molar-refractivity contribution is 7.89. The Morgan fingerprint density at radius 2 is 1.97 bits per heavy atom. The average Bonchev–Trinajstić information content (AvgIpc) is 2.89. The van der Waals surface area contributed by atoms with Crippen molar-refractivity contribution in [2.45, 2.75) is 81.4 Å². The number of nitrogens with two attached hydrogens (primary N) is 1. The topological polar surface area (TPSA) is 122 Å². The molecule has 2 heterocycles. The molecule has 166 valence electrons. The SMILES string of the molecule is C[C@@H]1CC[C@H](NC(=O)[C@@H](N)CC2CCCCC2)C(=O)CN1S(=O)(=O)c1ccccn1. The van der Waals surface area contributed by atoms with Gasteiger partial charge in [0.25, 0.3) is 10.0 Å². The van der Waals surface area contributed by atoms with E-state index >= 15 is 0 Å². The lowest BCUT2D eigenvalue weighted by Gasteiger charge is -2.25. The van der Waals surface area contributed by atoms with Crippen molar-refractivity contribution in [3.63, 3.8) is 0 Å². The van der Waals surface area contributed by atoms with Gasteiger partial charge in [-0.05, 0) is 44.2 Å². The molecule has 0 unspecified atom stereocenters. The predicted molar refractivity (Wildman–Crippen MR) is 113 cm³/mol. The highest BCUT2D eigenvalue weighted by Gasteiger charge is 2.37. The molecule has 2 aliphatic rings. The van der Waals surface area contributed by atoms with E-state index in [1.165, 1.54) is 35.8 Å². The van der Waals surface area contributed by atoms with E-state index in [-0.39, 0.29) is 29.3 Å². The van der Waals surface area contributed by atoms with Gasteiger partial charge in [-0.25, -0.2) is 13.4 Å². The number of hydrogen-bond donors (Lipinski definition) is 2. The molecule has 30 heavy (non-hydrogen) atoms. The normalized spacial score (nSPS) is 25.5. The molecule has 1 aliphatic carbocycles. The van der Waals surface area contributed by atoms with Crippen LogP contribution in [0.2, 0.25) is 0 Å². The smallest absolute Gasteiger partial charge is 0.261 e. The average molecular weight is 437 g/mol. The number of carbonyl (C=O) groups excluding carboxylic acids is 2. The van der Waals surface area contributed by atoms with E-state index in [4.69, 9.17) is 5.73 Å². The number of nitrogens with one attached hydrogen (secondary N) is 1. The van der Waals surface area contributed by atoms with E-state index in [0.29, 0.717) is 25.2 Å². The zero-order chi connectivity index (χ0) is 21.7. The number of nitrogens with zero attached hydrogens (tertiary/aromatic N) is 2. The molecular weight excluding hydrogens is 404 g/mol. The van der Waals surface area contributed by atoms with Gasteiger partial charge in [0.15, 0.2) is 10.8 Å². The van der Waals surface area contributed by atoms with Gasteiger partial charge in [0.1, 0.15) is 0 Å². The lowest BCUT2D eigenvalue weighted by molar-refractivity contribution is -0.128. The summed E-state index contributed by atoms with van der Waals surface area (Å²) in [5.41, 5.74) is 6.11. The summed E-state index contributed by atoms with van der Waals surface area (Å²) in [4.78, 5) is 29.3. The standard InChI is InChI=1S/C21H32N4O4S/c1-15-10-11-18(24-21(27)17(22)13-16-7-3-2-4-8-16)19(26)14-25(15)30(28,29)20-9-5-6-12-23-20/h5-6,9,12,15-18H,2-4,7-8,10-11,13-14,22H2,1H3,(H,24,27)/t15-,17+,18+/m1/s1. The van der Waals surface area contributed by atoms with Gasteiger partial charge in [-0.2, -0.15) is 4.31 Å². The van der Waals surface area contributed by atoms with Gasteiger partial charge in [0.05, 0.1) is 18.6 Å². The van der Waals surface area contributed by atoms with Crippen molar-refractivity contribution >= 4 is 21.7 Å². The van der Waals surface area contributed by atoms with Crippen LogP contribution in [0.3, 0.4) is 0 Å². The largest absolute Gasteiger partial charge is 0.345 e. The molecule has 9 heteroatoms. The molecule has 3 N–H and O–H groups in total. The minimum atomic E-state index is -3.89. The number of Topliss-reactive ketones (excluding diaryl/α,β-unsaturated/α-hetero) is 1. The Labute approximate surface area is 178 Å². The summed E-state index contributed by atoms with van der Waals surface area (Å²) in [6.45, 7) is 1.48. The Balaban J connectivity index is 1.63. The number of sulfonamides is 1. The van der Waals surface area contributed by atoms with Crippen LogP contribution in [0.15, 0.2) is 29.4 Å². The van der Waals surface area contributed by atoms with E-state index < -0.39 is 22.1 Å². The summed E-state index contributed by atoms with van der Waals surface area (Å²) in [5.74, 6) is -0.187. The Kier molecular flexibility index (Phi) is 7.60. The summed E-state index contributed by atoms with van der Waals surface area (Å²) < 4.78 is 27.1. The molecule has 3 rings (SSSR count). The second-order valence-corrected chi connectivity index (χ2v) is 10.4. The first-order chi connectivity index (χ1) is 14.3. The fraction of sp³-hybridized carbons (Fsp3) is 0.667. The molecular formula is C21H32N4O4S. The van der Waals surface area contributed by atoms with Crippen LogP contribution in [0.1, 0.15) is 58.3 Å². The maximum Gasteiger partial charge on any atom is 0.261 e. The number of carbonyl (C=O) groups is 2. The van der Waals surface area contributed by atoms with Crippen LogP contribution in [-0.4, -0.2) is 54.1 Å². The van der Waals surface area contributed by atoms with E-state index in [1.807, 2.05) is 0 Å². The number of ketones is 1. The van der Waals surface area contributed by atoms with Gasteiger partial charge < -0.3 is 11.1 Å². The minimum Gasteiger partial charge on any atom is -0.345 e. The number of amides is 1. The lowest BCUT2D eigenvalue weighted by atomic mass is 9.85. The molecule has 0 radical (unpaired) electrons. The first kappa shape index (κ1) is 22.8. The zero-order valence-electron chi connectivity index (χ0n) is 17.5. The molecule has 1 saturated carbocycles. The Bertz CT molecular complexity index is 840. The number of pyridine rings is 1. The summed E-state index contributed by atoms with van der Waals surface area (Å²) in [5, 5.41) is 2.70. The van der Waals surface area contributed by atoms with E-state index in [0.717, 1.165) is 12.8 Å². The Morgan fingerprint density at radius 3 is 2.63 bits per heavy atom. The van der Waals surface area contributed by atoms with Crippen molar-refractivity contribution in [1.29, 1.82) is 0 Å². The van der Waals surface area contributed by atoms with Gasteiger partial charge in [0.2, 0.25) is 5.91 Å². The van der Waals surface area contributed by atoms with Crippen LogP contribution < -0.4 is 11.1 Å². The first-order valence-electron chi connectivity index (χ1n) is 10.8. The quantitative estimate of drug-likeness (QED) is 0.698. The van der Waals surface area contributed by atoms with Crippen LogP contribution >= 0.6 is 0 Å². The number of hydrogen-bond acceptors (Lipinski definition) is 6. The monoisotopic (exact) mass is 436 g/mol. The first-order valence-corrected chi connectivity index (χ1v) is 12.2. The number of aromatic nitrogens is 1. The van der Waals surface area contributed by atoms with Gasteiger partial charge in [0, 0.05) is 12.2 Å². The van der Waals surface area contributed by atoms with Gasteiger partial charge in [-0.3, -0.25) is 9.59 Å². The highest BCUT2D eigenvalue weighted by atomic mass is 32.2. The maximum atomic E-state index is 13.0. The second kappa shape index (κ2) is 9.98. The third-order valence-electron chi connectivity index (χ3n) is 6.24. The molecule has 8 nitrogen and oxygen atoms in total. The third kappa shape index (κ3) is 5.44. The van der Waals surface area contributed by atoms with Gasteiger partial charge in [-0.1, -0.05) is 38.2 Å². The molecule has 1 aromatic rings. The van der Waals surface area contributed by atoms with E-state index in [9.17, 15) is 18.0 Å². The summed E-state index contributed by atoms with van der Waals surface area (Å²) in [7, 11) is -3.89. The van der Waals surface area contributed by atoms with Crippen molar-refractivity contribution in [2.75, 3.05) is 6.54 Å². The van der Waals surface area contributed by atoms with Crippen LogP contribution in [0.5, 0.6) is 0 Å². The van der Waals surface area contributed by atoms with Crippen LogP contribution in [0.25, 0.3) is 0 Å². The van der Waals surface area contributed by atoms with Crippen molar-refractivity contribution in [3.8, 4) is 0 Å². The molecule has 0 bridgehead atoms. The zero-order valence-corrected chi connectivity index (χ0v) is 18.3. The predicted octanol–water partition coefficient (Wildman–Crippen LogP) is 1.61. The van der Waals surface area contributed by atoms with Crippen LogP contribution in [-0.2, 0) is 19.6 Å². The van der Waals surface area contributed by atoms with Gasteiger partial charge in [-0.15, -0.1) is 0 Å². The third-order valence-corrected chi connectivity index (χ3v) is 8.12. The van der Waals surface area contributed by atoms with Crippen LogP contribution in [0.4, 0.5) is 0 Å².